The zero-order valence-corrected chi connectivity index (χ0v) is 17.3. The van der Waals surface area contributed by atoms with Crippen molar-refractivity contribution in [3.05, 3.63) is 56.5 Å². The quantitative estimate of drug-likeness (QED) is 0.603. The molecule has 1 amide bonds. The first-order valence-electron chi connectivity index (χ1n) is 7.26. The molecule has 2 aromatic rings. The number of thiocarbonyl (C=S) groups is 1. The Kier molecular flexibility index (Phi) is 7.07. The van der Waals surface area contributed by atoms with E-state index in [1.165, 1.54) is 0 Å². The predicted molar refractivity (Wildman–Crippen MR) is 110 cm³/mol. The van der Waals surface area contributed by atoms with Gasteiger partial charge in [0.25, 0.3) is 5.91 Å². The molecular formula is C17H15BrCl2N2O2S. The lowest BCUT2D eigenvalue weighted by molar-refractivity contribution is -0.125. The standard InChI is InChI=1S/C17H15BrCl2N2O2S/c1-9-7-11(18)3-5-14(9)21-17(25)22-16(23)10(2)24-15-6-4-12(19)8-13(15)20/h3-8,10H,1-2H3,(H2,21,22,23,25). The van der Waals surface area contributed by atoms with Gasteiger partial charge in [0.1, 0.15) is 5.75 Å². The van der Waals surface area contributed by atoms with Gasteiger partial charge in [-0.1, -0.05) is 39.1 Å². The summed E-state index contributed by atoms with van der Waals surface area (Å²) in [4.78, 5) is 12.2. The maximum absolute atomic E-state index is 12.2. The van der Waals surface area contributed by atoms with E-state index in [9.17, 15) is 4.79 Å². The number of rotatable bonds is 4. The molecule has 1 atom stereocenters. The van der Waals surface area contributed by atoms with Crippen LogP contribution in [0.15, 0.2) is 40.9 Å². The number of hydrogen-bond donors (Lipinski definition) is 2. The van der Waals surface area contributed by atoms with Gasteiger partial charge in [-0.3, -0.25) is 10.1 Å². The lowest BCUT2D eigenvalue weighted by Crippen LogP contribution is -2.42. The highest BCUT2D eigenvalue weighted by molar-refractivity contribution is 9.10. The second-order valence-electron chi connectivity index (χ2n) is 5.24. The molecule has 2 aromatic carbocycles. The number of halogens is 3. The third kappa shape index (κ3) is 5.85. The summed E-state index contributed by atoms with van der Waals surface area (Å²) in [5.41, 5.74) is 1.80. The SMILES string of the molecule is Cc1cc(Br)ccc1NC(=S)NC(=O)C(C)Oc1ccc(Cl)cc1Cl. The van der Waals surface area contributed by atoms with Gasteiger partial charge in [0.2, 0.25) is 0 Å². The molecule has 0 saturated carbocycles. The van der Waals surface area contributed by atoms with Crippen LogP contribution in [0.5, 0.6) is 5.75 Å². The number of benzene rings is 2. The summed E-state index contributed by atoms with van der Waals surface area (Å²) in [6, 6.07) is 10.5. The van der Waals surface area contributed by atoms with E-state index >= 15 is 0 Å². The van der Waals surface area contributed by atoms with Gasteiger partial charge >= 0.3 is 0 Å². The Labute approximate surface area is 170 Å². The summed E-state index contributed by atoms with van der Waals surface area (Å²) in [6.45, 7) is 3.54. The molecule has 4 nitrogen and oxygen atoms in total. The molecule has 132 valence electrons. The van der Waals surface area contributed by atoms with Gasteiger partial charge in [-0.2, -0.15) is 0 Å². The number of ether oxygens (including phenoxy) is 1. The number of anilines is 1. The highest BCUT2D eigenvalue weighted by Crippen LogP contribution is 2.28. The number of aryl methyl sites for hydroxylation is 1. The van der Waals surface area contributed by atoms with E-state index in [2.05, 4.69) is 26.6 Å². The third-order valence-electron chi connectivity index (χ3n) is 3.24. The van der Waals surface area contributed by atoms with E-state index in [-0.39, 0.29) is 5.11 Å². The summed E-state index contributed by atoms with van der Waals surface area (Å²) >= 11 is 20.5. The molecule has 25 heavy (non-hydrogen) atoms. The molecule has 0 spiro atoms. The Bertz CT molecular complexity index is 817. The van der Waals surface area contributed by atoms with E-state index in [4.69, 9.17) is 40.2 Å². The first-order chi connectivity index (χ1) is 11.8. The number of amides is 1. The molecular weight excluding hydrogens is 447 g/mol. The van der Waals surface area contributed by atoms with Crippen molar-refractivity contribution in [1.29, 1.82) is 0 Å². The Morgan fingerprint density at radius 3 is 2.60 bits per heavy atom. The minimum absolute atomic E-state index is 0.188. The van der Waals surface area contributed by atoms with Crippen LogP contribution in [-0.2, 0) is 4.79 Å². The van der Waals surface area contributed by atoms with Crippen molar-refractivity contribution in [3.63, 3.8) is 0 Å². The smallest absolute Gasteiger partial charge is 0.266 e. The van der Waals surface area contributed by atoms with E-state index in [1.807, 2.05) is 25.1 Å². The zero-order chi connectivity index (χ0) is 18.6. The molecule has 0 aromatic heterocycles. The van der Waals surface area contributed by atoms with Crippen molar-refractivity contribution in [2.75, 3.05) is 5.32 Å². The number of carbonyl (C=O) groups is 1. The van der Waals surface area contributed by atoms with Gasteiger partial charge in [-0.05, 0) is 68.0 Å². The average molecular weight is 462 g/mol. The first-order valence-corrected chi connectivity index (χ1v) is 9.21. The summed E-state index contributed by atoms with van der Waals surface area (Å²) in [7, 11) is 0. The Hall–Kier alpha value is -1.34. The van der Waals surface area contributed by atoms with E-state index in [0.29, 0.717) is 15.8 Å². The molecule has 0 radical (unpaired) electrons. The summed E-state index contributed by atoms with van der Waals surface area (Å²) in [5.74, 6) is -0.0189. The van der Waals surface area contributed by atoms with Gasteiger partial charge in [0.05, 0.1) is 5.02 Å². The topological polar surface area (TPSA) is 50.4 Å². The molecule has 1 unspecified atom stereocenters. The van der Waals surface area contributed by atoms with Crippen molar-refractivity contribution in [2.24, 2.45) is 0 Å². The van der Waals surface area contributed by atoms with Gasteiger partial charge < -0.3 is 10.1 Å². The van der Waals surface area contributed by atoms with Crippen LogP contribution < -0.4 is 15.4 Å². The van der Waals surface area contributed by atoms with Crippen LogP contribution in [0.4, 0.5) is 5.69 Å². The fraction of sp³-hybridized carbons (Fsp3) is 0.176. The number of nitrogens with one attached hydrogen (secondary N) is 2. The monoisotopic (exact) mass is 460 g/mol. The summed E-state index contributed by atoms with van der Waals surface area (Å²) in [6.07, 6.45) is -0.788. The van der Waals surface area contributed by atoms with Gasteiger partial charge in [-0.25, -0.2) is 0 Å². The fourth-order valence-electron chi connectivity index (χ4n) is 1.95. The van der Waals surface area contributed by atoms with Crippen LogP contribution >= 0.6 is 51.3 Å². The molecule has 8 heteroatoms. The lowest BCUT2D eigenvalue weighted by atomic mass is 10.2. The van der Waals surface area contributed by atoms with Crippen molar-refractivity contribution in [3.8, 4) is 5.75 Å². The van der Waals surface area contributed by atoms with Gasteiger partial charge in [0, 0.05) is 15.2 Å². The second kappa shape index (κ2) is 8.85. The maximum atomic E-state index is 12.2. The molecule has 2 rings (SSSR count). The molecule has 0 saturated heterocycles. The lowest BCUT2D eigenvalue weighted by Gasteiger charge is -2.17. The summed E-state index contributed by atoms with van der Waals surface area (Å²) in [5, 5.41) is 6.59. The Morgan fingerprint density at radius 2 is 1.96 bits per heavy atom. The van der Waals surface area contributed by atoms with Crippen LogP contribution in [0, 0.1) is 6.92 Å². The normalized spacial score (nSPS) is 11.6. The minimum atomic E-state index is -0.788. The van der Waals surface area contributed by atoms with Crippen LogP contribution in [-0.4, -0.2) is 17.1 Å². The average Bonchev–Trinajstić information content (AvgIpc) is 2.52. The summed E-state index contributed by atoms with van der Waals surface area (Å²) < 4.78 is 6.52. The Morgan fingerprint density at radius 1 is 1.24 bits per heavy atom. The molecule has 0 bridgehead atoms. The largest absolute Gasteiger partial charge is 0.479 e. The van der Waals surface area contributed by atoms with Gasteiger partial charge in [0.15, 0.2) is 11.2 Å². The van der Waals surface area contributed by atoms with Crippen molar-refractivity contribution >= 4 is 68.1 Å². The minimum Gasteiger partial charge on any atom is -0.479 e. The molecule has 0 aliphatic rings. The molecule has 0 fully saturated rings. The highest BCUT2D eigenvalue weighted by Gasteiger charge is 2.17. The van der Waals surface area contributed by atoms with Crippen molar-refractivity contribution in [2.45, 2.75) is 20.0 Å². The van der Waals surface area contributed by atoms with Crippen LogP contribution in [0.2, 0.25) is 10.0 Å². The van der Waals surface area contributed by atoms with Crippen LogP contribution in [0.3, 0.4) is 0 Å². The van der Waals surface area contributed by atoms with Crippen LogP contribution in [0.25, 0.3) is 0 Å². The van der Waals surface area contributed by atoms with Crippen LogP contribution in [0.1, 0.15) is 12.5 Å². The fourth-order valence-corrected chi connectivity index (χ4v) is 3.09. The molecule has 0 aliphatic heterocycles. The zero-order valence-electron chi connectivity index (χ0n) is 13.4. The van der Waals surface area contributed by atoms with Crippen molar-refractivity contribution < 1.29 is 9.53 Å². The maximum Gasteiger partial charge on any atom is 0.266 e. The first kappa shape index (κ1) is 20.0. The van der Waals surface area contributed by atoms with Crippen molar-refractivity contribution in [1.82, 2.24) is 5.32 Å². The molecule has 2 N–H and O–H groups in total. The number of hydrogen-bond acceptors (Lipinski definition) is 3. The predicted octanol–water partition coefficient (Wildman–Crippen LogP) is 5.34. The molecule has 0 heterocycles. The van der Waals surface area contributed by atoms with E-state index < -0.39 is 12.0 Å². The second-order valence-corrected chi connectivity index (χ2v) is 7.41. The third-order valence-corrected chi connectivity index (χ3v) is 4.47. The number of carbonyl (C=O) groups excluding carboxylic acids is 1. The highest BCUT2D eigenvalue weighted by atomic mass is 79.9. The Balaban J connectivity index is 1.94. The van der Waals surface area contributed by atoms with Gasteiger partial charge in [-0.15, -0.1) is 0 Å². The van der Waals surface area contributed by atoms with E-state index in [0.717, 1.165) is 15.7 Å². The van der Waals surface area contributed by atoms with E-state index in [1.54, 1.807) is 25.1 Å². The molecule has 0 aliphatic carbocycles.